The predicted octanol–water partition coefficient (Wildman–Crippen LogP) is 2.44. The fraction of sp³-hybridized carbons (Fsp3) is 0.333. The second-order valence-electron chi connectivity index (χ2n) is 7.44. The maximum atomic E-state index is 11.8. The normalized spacial score (nSPS) is 26.6. The van der Waals surface area contributed by atoms with Gasteiger partial charge in [0.15, 0.2) is 0 Å². The average molecular weight is 374 g/mol. The van der Waals surface area contributed by atoms with Crippen LogP contribution in [0.15, 0.2) is 59.5 Å². The van der Waals surface area contributed by atoms with Gasteiger partial charge in [0.2, 0.25) is 0 Å². The van der Waals surface area contributed by atoms with Gasteiger partial charge in [0.25, 0.3) is 0 Å². The van der Waals surface area contributed by atoms with Gasteiger partial charge in [0.05, 0.1) is 34.9 Å². The number of nitrogens with zero attached hydrogens (tertiary/aromatic N) is 3. The minimum atomic E-state index is -0.0597. The first-order valence-electron chi connectivity index (χ1n) is 9.76. The van der Waals surface area contributed by atoms with Crippen LogP contribution < -0.4 is 16.1 Å². The molecule has 28 heavy (non-hydrogen) atoms. The lowest BCUT2D eigenvalue weighted by atomic mass is 9.78. The van der Waals surface area contributed by atoms with Crippen molar-refractivity contribution in [2.45, 2.75) is 37.8 Å². The first-order valence-corrected chi connectivity index (χ1v) is 9.76. The molecule has 1 saturated carbocycles. The molecule has 7 heteroatoms. The lowest BCUT2D eigenvalue weighted by molar-refractivity contribution is 0.246. The monoisotopic (exact) mass is 374 g/mol. The summed E-state index contributed by atoms with van der Waals surface area (Å²) in [5, 5.41) is 10.9. The van der Waals surface area contributed by atoms with Gasteiger partial charge in [-0.1, -0.05) is 12.1 Å². The Kier molecular flexibility index (Phi) is 4.27. The molecule has 7 nitrogen and oxygen atoms in total. The quantitative estimate of drug-likeness (QED) is 0.753. The summed E-state index contributed by atoms with van der Waals surface area (Å²) in [5.74, 6) is 0.159. The van der Waals surface area contributed by atoms with E-state index in [0.29, 0.717) is 0 Å². The topological polar surface area (TPSA) is 91.3 Å². The number of hydrazone groups is 1. The van der Waals surface area contributed by atoms with Crippen molar-refractivity contribution in [3.8, 4) is 0 Å². The summed E-state index contributed by atoms with van der Waals surface area (Å²) < 4.78 is 0. The fourth-order valence-electron chi connectivity index (χ4n) is 4.48. The van der Waals surface area contributed by atoms with E-state index in [9.17, 15) is 4.79 Å². The average Bonchev–Trinajstić information content (AvgIpc) is 3.08. The van der Waals surface area contributed by atoms with Crippen LogP contribution in [0.3, 0.4) is 0 Å². The number of aromatic nitrogens is 2. The molecule has 0 aromatic carbocycles. The zero-order chi connectivity index (χ0) is 18.9. The number of rotatable bonds is 2. The van der Waals surface area contributed by atoms with Crippen molar-refractivity contribution >= 4 is 17.4 Å². The zero-order valence-electron chi connectivity index (χ0n) is 15.4. The van der Waals surface area contributed by atoms with Crippen molar-refractivity contribution in [2.75, 3.05) is 0 Å². The highest BCUT2D eigenvalue weighted by Crippen LogP contribution is 2.37. The molecule has 0 bridgehead atoms. The maximum absolute atomic E-state index is 11.8. The second kappa shape index (κ2) is 7.07. The lowest BCUT2D eigenvalue weighted by Gasteiger charge is -2.33. The number of nitrogens with one attached hydrogen (secondary N) is 3. The Morgan fingerprint density at radius 3 is 2.29 bits per heavy atom. The molecule has 0 radical (unpaired) electrons. The Bertz CT molecular complexity index is 940. The van der Waals surface area contributed by atoms with E-state index in [1.165, 1.54) is 5.57 Å². The fourth-order valence-corrected chi connectivity index (χ4v) is 4.48. The van der Waals surface area contributed by atoms with Crippen molar-refractivity contribution in [1.82, 2.24) is 26.0 Å². The van der Waals surface area contributed by atoms with E-state index >= 15 is 0 Å². The highest BCUT2D eigenvalue weighted by Gasteiger charge is 2.38. The molecule has 2 fully saturated rings. The van der Waals surface area contributed by atoms with Gasteiger partial charge in [-0.2, -0.15) is 5.10 Å². The van der Waals surface area contributed by atoms with Crippen LogP contribution in [-0.2, 0) is 0 Å². The summed E-state index contributed by atoms with van der Waals surface area (Å²) in [6, 6.07) is 12.1. The standard InChI is InChI=1S/C21H22N6O/c28-21-24-15-9-7-13-14(8-10-16(15)25-21)20(18-6-2-4-12-23-18)27-26-19(13)17-5-1-3-11-22-17/h1-6,11-13,15-16,27H,7-10H2,(H2,24,25,28)/t13?,15-,16+/m1/s1. The van der Waals surface area contributed by atoms with Crippen LogP contribution in [0.5, 0.6) is 0 Å². The number of hydrogen-bond acceptors (Lipinski definition) is 5. The Labute approximate surface area is 163 Å². The van der Waals surface area contributed by atoms with Gasteiger partial charge < -0.3 is 10.6 Å². The van der Waals surface area contributed by atoms with E-state index in [1.807, 2.05) is 36.4 Å². The van der Waals surface area contributed by atoms with E-state index in [2.05, 4.69) is 26.0 Å². The van der Waals surface area contributed by atoms with E-state index in [-0.39, 0.29) is 24.0 Å². The summed E-state index contributed by atoms with van der Waals surface area (Å²) in [7, 11) is 0. The molecular formula is C21H22N6O. The molecule has 4 heterocycles. The molecular weight excluding hydrogens is 352 g/mol. The van der Waals surface area contributed by atoms with Crippen LogP contribution in [0.1, 0.15) is 37.1 Å². The van der Waals surface area contributed by atoms with E-state index < -0.39 is 0 Å². The molecule has 0 spiro atoms. The molecule has 2 aliphatic heterocycles. The van der Waals surface area contributed by atoms with Crippen molar-refractivity contribution in [3.63, 3.8) is 0 Å². The van der Waals surface area contributed by atoms with Gasteiger partial charge in [-0.15, -0.1) is 0 Å². The van der Waals surface area contributed by atoms with Crippen LogP contribution in [0, 0.1) is 5.92 Å². The summed E-state index contributed by atoms with van der Waals surface area (Å²) in [6.45, 7) is 0. The summed E-state index contributed by atoms with van der Waals surface area (Å²) in [5.41, 5.74) is 8.30. The number of fused-ring (bicyclic) bond motifs is 2. The Morgan fingerprint density at radius 1 is 0.857 bits per heavy atom. The molecule has 2 aromatic rings. The molecule has 1 saturated heterocycles. The minimum absolute atomic E-state index is 0.0597. The largest absolute Gasteiger partial charge is 0.333 e. The highest BCUT2D eigenvalue weighted by atomic mass is 16.2. The minimum Gasteiger partial charge on any atom is -0.333 e. The summed E-state index contributed by atoms with van der Waals surface area (Å²) in [4.78, 5) is 20.9. The van der Waals surface area contributed by atoms with Crippen LogP contribution >= 0.6 is 0 Å². The molecule has 5 rings (SSSR count). The highest BCUT2D eigenvalue weighted by molar-refractivity contribution is 6.04. The first kappa shape index (κ1) is 16.9. The van der Waals surface area contributed by atoms with E-state index in [0.717, 1.165) is 48.5 Å². The smallest absolute Gasteiger partial charge is 0.315 e. The molecule has 1 aliphatic carbocycles. The predicted molar refractivity (Wildman–Crippen MR) is 106 cm³/mol. The van der Waals surface area contributed by atoms with E-state index in [1.54, 1.807) is 12.4 Å². The molecule has 3 aliphatic rings. The van der Waals surface area contributed by atoms with Crippen molar-refractivity contribution in [1.29, 1.82) is 0 Å². The van der Waals surface area contributed by atoms with Crippen LogP contribution in [-0.4, -0.2) is 33.8 Å². The number of allylic oxidation sites excluding steroid dienone is 1. The number of pyridine rings is 2. The van der Waals surface area contributed by atoms with Gasteiger partial charge in [-0.05, 0) is 55.5 Å². The maximum Gasteiger partial charge on any atom is 0.315 e. The zero-order valence-corrected chi connectivity index (χ0v) is 15.4. The lowest BCUT2D eigenvalue weighted by Crippen LogP contribution is -2.39. The number of carbonyl (C=O) groups is 1. The Morgan fingerprint density at radius 2 is 1.57 bits per heavy atom. The third-order valence-electron chi connectivity index (χ3n) is 5.82. The molecule has 2 aromatic heterocycles. The summed E-state index contributed by atoms with van der Waals surface area (Å²) in [6.07, 6.45) is 7.18. The van der Waals surface area contributed by atoms with Crippen LogP contribution in [0.2, 0.25) is 0 Å². The number of carbonyl (C=O) groups excluding carboxylic acids is 1. The Balaban J connectivity index is 1.55. The molecule has 3 atom stereocenters. The SMILES string of the molecule is O=C1N[C@H]2CCC3=C(c4ccccn4)NN=C(c4ccccn4)C3CC[C@H]2N1. The summed E-state index contributed by atoms with van der Waals surface area (Å²) >= 11 is 0. The van der Waals surface area contributed by atoms with Crippen molar-refractivity contribution in [2.24, 2.45) is 11.0 Å². The van der Waals surface area contributed by atoms with Crippen molar-refractivity contribution in [3.05, 3.63) is 65.8 Å². The molecule has 3 N–H and O–H groups in total. The number of hydrogen-bond donors (Lipinski definition) is 3. The third kappa shape index (κ3) is 3.02. The van der Waals surface area contributed by atoms with Crippen LogP contribution in [0.4, 0.5) is 4.79 Å². The van der Waals surface area contributed by atoms with Gasteiger partial charge in [0.1, 0.15) is 0 Å². The van der Waals surface area contributed by atoms with Gasteiger partial charge in [-0.3, -0.25) is 15.4 Å². The molecule has 1 unspecified atom stereocenters. The Hall–Kier alpha value is -3.22. The second-order valence-corrected chi connectivity index (χ2v) is 7.44. The van der Waals surface area contributed by atoms with Gasteiger partial charge in [0, 0.05) is 18.3 Å². The number of amides is 2. The van der Waals surface area contributed by atoms with Crippen LogP contribution in [0.25, 0.3) is 5.70 Å². The van der Waals surface area contributed by atoms with E-state index in [4.69, 9.17) is 5.10 Å². The van der Waals surface area contributed by atoms with Gasteiger partial charge >= 0.3 is 6.03 Å². The van der Waals surface area contributed by atoms with Gasteiger partial charge in [-0.25, -0.2) is 4.79 Å². The third-order valence-corrected chi connectivity index (χ3v) is 5.82. The molecule has 142 valence electrons. The van der Waals surface area contributed by atoms with Crippen molar-refractivity contribution < 1.29 is 4.79 Å². The number of urea groups is 1. The molecule has 2 amide bonds. The first-order chi connectivity index (χ1) is 13.8.